The van der Waals surface area contributed by atoms with Gasteiger partial charge in [-0.1, -0.05) is 0 Å². The quantitative estimate of drug-likeness (QED) is 0.790. The average Bonchev–Trinajstić information content (AvgIpc) is 3.18. The molecule has 0 aromatic carbocycles. The molecule has 0 bridgehead atoms. The Labute approximate surface area is 123 Å². The molecule has 1 saturated carbocycles. The summed E-state index contributed by atoms with van der Waals surface area (Å²) in [4.78, 5) is 11.9. The van der Waals surface area contributed by atoms with Crippen LogP contribution < -0.4 is 4.74 Å². The molecule has 0 unspecified atom stereocenters. The first kappa shape index (κ1) is 12.4. The number of pyridine rings is 2. The van der Waals surface area contributed by atoms with E-state index in [0.717, 1.165) is 40.9 Å². The first-order chi connectivity index (χ1) is 10.4. The van der Waals surface area contributed by atoms with Crippen molar-refractivity contribution in [2.45, 2.75) is 31.8 Å². The van der Waals surface area contributed by atoms with E-state index in [1.54, 1.807) is 0 Å². The molecule has 106 valence electrons. The zero-order valence-electron chi connectivity index (χ0n) is 11.7. The Morgan fingerprint density at radius 3 is 2.67 bits per heavy atom. The molecule has 0 atom stereocenters. The number of ether oxygens (including phenoxy) is 1. The van der Waals surface area contributed by atoms with Gasteiger partial charge in [0.2, 0.25) is 5.88 Å². The zero-order valence-corrected chi connectivity index (χ0v) is 11.7. The van der Waals surface area contributed by atoms with Crippen molar-refractivity contribution in [1.29, 1.82) is 0 Å². The molecule has 0 spiro atoms. The highest BCUT2D eigenvalue weighted by molar-refractivity contribution is 5.81. The van der Waals surface area contributed by atoms with Crippen molar-refractivity contribution in [3.8, 4) is 17.0 Å². The number of aromatic nitrogens is 3. The van der Waals surface area contributed by atoms with Gasteiger partial charge >= 0.3 is 0 Å². The molecule has 3 aromatic heterocycles. The van der Waals surface area contributed by atoms with Crippen molar-refractivity contribution < 1.29 is 4.74 Å². The van der Waals surface area contributed by atoms with Gasteiger partial charge in [0.1, 0.15) is 11.8 Å². The number of nitrogens with zero attached hydrogens (tertiary/aromatic N) is 2. The summed E-state index contributed by atoms with van der Waals surface area (Å²) in [5.74, 6) is 0.723. The van der Waals surface area contributed by atoms with E-state index in [1.807, 2.05) is 36.8 Å². The van der Waals surface area contributed by atoms with E-state index in [0.29, 0.717) is 6.10 Å². The summed E-state index contributed by atoms with van der Waals surface area (Å²) in [5.41, 5.74) is 3.04. The van der Waals surface area contributed by atoms with Crippen LogP contribution in [0.4, 0.5) is 0 Å². The lowest BCUT2D eigenvalue weighted by Gasteiger charge is -2.12. The third-order valence-corrected chi connectivity index (χ3v) is 4.06. The molecule has 0 saturated heterocycles. The topological polar surface area (TPSA) is 50.8 Å². The van der Waals surface area contributed by atoms with E-state index in [4.69, 9.17) is 4.74 Å². The fourth-order valence-electron chi connectivity index (χ4n) is 2.90. The maximum absolute atomic E-state index is 5.89. The van der Waals surface area contributed by atoms with E-state index in [1.165, 1.54) is 12.8 Å². The Morgan fingerprint density at radius 2 is 1.86 bits per heavy atom. The Balaban J connectivity index is 1.57. The molecule has 21 heavy (non-hydrogen) atoms. The lowest BCUT2D eigenvalue weighted by atomic mass is 10.1. The first-order valence-corrected chi connectivity index (χ1v) is 7.45. The largest absolute Gasteiger partial charge is 0.474 e. The van der Waals surface area contributed by atoms with Crippen LogP contribution >= 0.6 is 0 Å². The highest BCUT2D eigenvalue weighted by Gasteiger charge is 2.16. The molecule has 1 aliphatic rings. The number of rotatable bonds is 3. The van der Waals surface area contributed by atoms with Crippen LogP contribution in [0.2, 0.25) is 0 Å². The molecule has 1 aliphatic carbocycles. The minimum atomic E-state index is 0.348. The second-order valence-corrected chi connectivity index (χ2v) is 5.55. The Morgan fingerprint density at radius 1 is 1.00 bits per heavy atom. The fraction of sp³-hybridized carbons (Fsp3) is 0.294. The summed E-state index contributed by atoms with van der Waals surface area (Å²) in [6, 6.07) is 8.14. The van der Waals surface area contributed by atoms with E-state index in [9.17, 15) is 0 Å². The molecule has 4 rings (SSSR count). The lowest BCUT2D eigenvalue weighted by Crippen LogP contribution is -2.11. The lowest BCUT2D eigenvalue weighted by molar-refractivity contribution is 0.201. The summed E-state index contributed by atoms with van der Waals surface area (Å²) in [6.45, 7) is 0. The maximum Gasteiger partial charge on any atom is 0.213 e. The van der Waals surface area contributed by atoms with Gasteiger partial charge in [0, 0.05) is 41.2 Å². The van der Waals surface area contributed by atoms with Crippen molar-refractivity contribution in [2.24, 2.45) is 0 Å². The minimum Gasteiger partial charge on any atom is -0.474 e. The molecule has 0 amide bonds. The monoisotopic (exact) mass is 279 g/mol. The first-order valence-electron chi connectivity index (χ1n) is 7.45. The Hall–Kier alpha value is -2.36. The molecule has 1 N–H and O–H groups in total. The van der Waals surface area contributed by atoms with E-state index in [2.05, 4.69) is 21.0 Å². The standard InChI is InChI=1S/C17H17N3O/c1-2-4-15(3-1)21-16-6-5-13(10-19-16)14-9-12-7-8-18-17(12)20-11-14/h5-11,15H,1-4H2,(H,18,20). The Bertz CT molecular complexity index is 742. The summed E-state index contributed by atoms with van der Waals surface area (Å²) in [6.07, 6.45) is 10.8. The normalized spacial score (nSPS) is 15.6. The molecular weight excluding hydrogens is 262 g/mol. The van der Waals surface area contributed by atoms with Gasteiger partial charge in [-0.25, -0.2) is 9.97 Å². The minimum absolute atomic E-state index is 0.348. The van der Waals surface area contributed by atoms with Crippen molar-refractivity contribution in [1.82, 2.24) is 15.0 Å². The number of nitrogens with one attached hydrogen (secondary N) is 1. The van der Waals surface area contributed by atoms with Crippen LogP contribution in [0.3, 0.4) is 0 Å². The highest BCUT2D eigenvalue weighted by atomic mass is 16.5. The van der Waals surface area contributed by atoms with Crippen LogP contribution in [0.15, 0.2) is 42.9 Å². The highest BCUT2D eigenvalue weighted by Crippen LogP contribution is 2.25. The Kier molecular flexibility index (Phi) is 3.07. The van der Waals surface area contributed by atoms with Crippen molar-refractivity contribution in [2.75, 3.05) is 0 Å². The summed E-state index contributed by atoms with van der Waals surface area (Å²) < 4.78 is 5.89. The summed E-state index contributed by atoms with van der Waals surface area (Å²) >= 11 is 0. The average molecular weight is 279 g/mol. The van der Waals surface area contributed by atoms with Gasteiger partial charge in [-0.3, -0.25) is 0 Å². The molecule has 3 aromatic rings. The smallest absolute Gasteiger partial charge is 0.213 e. The third kappa shape index (κ3) is 2.49. The number of fused-ring (bicyclic) bond motifs is 1. The van der Waals surface area contributed by atoms with Gasteiger partial charge in [0.15, 0.2) is 0 Å². The molecule has 4 heteroatoms. The number of hydrogen-bond acceptors (Lipinski definition) is 3. The van der Waals surface area contributed by atoms with Crippen LogP contribution in [0.1, 0.15) is 25.7 Å². The SMILES string of the molecule is c1cc2cc(-c3ccc(OC4CCCC4)nc3)cnc2[nH]1. The third-order valence-electron chi connectivity index (χ3n) is 4.06. The number of hydrogen-bond donors (Lipinski definition) is 1. The fourth-order valence-corrected chi connectivity index (χ4v) is 2.90. The zero-order chi connectivity index (χ0) is 14.1. The molecule has 4 nitrogen and oxygen atoms in total. The van der Waals surface area contributed by atoms with Crippen molar-refractivity contribution in [3.63, 3.8) is 0 Å². The number of H-pyrrole nitrogens is 1. The van der Waals surface area contributed by atoms with Crippen molar-refractivity contribution in [3.05, 3.63) is 42.9 Å². The van der Waals surface area contributed by atoms with E-state index < -0.39 is 0 Å². The molecule has 1 fully saturated rings. The molecular formula is C17H17N3O. The van der Waals surface area contributed by atoms with Crippen LogP contribution in [-0.2, 0) is 0 Å². The van der Waals surface area contributed by atoms with Gasteiger partial charge in [0.25, 0.3) is 0 Å². The van der Waals surface area contributed by atoms with Crippen LogP contribution in [0.5, 0.6) is 5.88 Å². The predicted octanol–water partition coefficient (Wildman–Crippen LogP) is 3.95. The van der Waals surface area contributed by atoms with Gasteiger partial charge in [-0.2, -0.15) is 0 Å². The van der Waals surface area contributed by atoms with Gasteiger partial charge in [-0.15, -0.1) is 0 Å². The molecule has 0 radical (unpaired) electrons. The van der Waals surface area contributed by atoms with Crippen LogP contribution in [0.25, 0.3) is 22.2 Å². The van der Waals surface area contributed by atoms with Crippen LogP contribution in [-0.4, -0.2) is 21.1 Å². The predicted molar refractivity (Wildman–Crippen MR) is 82.2 cm³/mol. The van der Waals surface area contributed by atoms with Gasteiger partial charge in [0.05, 0.1) is 0 Å². The van der Waals surface area contributed by atoms with E-state index in [-0.39, 0.29) is 0 Å². The molecule has 3 heterocycles. The molecule has 0 aliphatic heterocycles. The van der Waals surface area contributed by atoms with Gasteiger partial charge in [-0.05, 0) is 43.9 Å². The van der Waals surface area contributed by atoms with Gasteiger partial charge < -0.3 is 9.72 Å². The van der Waals surface area contributed by atoms with Crippen molar-refractivity contribution >= 4 is 11.0 Å². The van der Waals surface area contributed by atoms with Crippen LogP contribution in [0, 0.1) is 0 Å². The van der Waals surface area contributed by atoms with E-state index >= 15 is 0 Å². The second-order valence-electron chi connectivity index (χ2n) is 5.55. The maximum atomic E-state index is 5.89. The second kappa shape index (κ2) is 5.20. The summed E-state index contributed by atoms with van der Waals surface area (Å²) in [5, 5.41) is 1.11. The summed E-state index contributed by atoms with van der Waals surface area (Å²) in [7, 11) is 0. The number of aromatic amines is 1.